The maximum atomic E-state index is 10.6. The lowest BCUT2D eigenvalue weighted by Crippen LogP contribution is -2.27. The van der Waals surface area contributed by atoms with E-state index in [-0.39, 0.29) is 0 Å². The first kappa shape index (κ1) is 11.2. The van der Waals surface area contributed by atoms with Gasteiger partial charge in [0.2, 0.25) is 5.24 Å². The predicted molar refractivity (Wildman–Crippen MR) is 46.5 cm³/mol. The van der Waals surface area contributed by atoms with Gasteiger partial charge in [0.1, 0.15) is 0 Å². The van der Waals surface area contributed by atoms with Crippen LogP contribution in [0.2, 0.25) is 0 Å². The Bertz CT molecular complexity index is 121. The molecule has 0 aliphatic rings. The summed E-state index contributed by atoms with van der Waals surface area (Å²) in [6, 6.07) is -0.440. The average Bonchev–Trinajstić information content (AvgIpc) is 1.97. The van der Waals surface area contributed by atoms with Crippen molar-refractivity contribution in [3.05, 3.63) is 0 Å². The Kier molecular flexibility index (Phi) is 6.96. The molecule has 0 saturated heterocycles. The van der Waals surface area contributed by atoms with Crippen molar-refractivity contribution < 1.29 is 4.79 Å². The van der Waals surface area contributed by atoms with E-state index in [1.165, 1.54) is 0 Å². The summed E-state index contributed by atoms with van der Waals surface area (Å²) in [6.07, 6.45) is 2.39. The standard InChI is InChI=1S/C6H12Cl2N2O/c7-6(11)5(10-8)3-1-2-4-9/h5,10H,1-4,9H2/t5-/m0/s1. The molecular formula is C6H12Cl2N2O. The molecule has 0 aliphatic heterocycles. The zero-order valence-electron chi connectivity index (χ0n) is 6.15. The minimum Gasteiger partial charge on any atom is -0.330 e. The molecule has 3 N–H and O–H groups in total. The molecule has 66 valence electrons. The highest BCUT2D eigenvalue weighted by molar-refractivity contribution is 6.65. The smallest absolute Gasteiger partial charge is 0.239 e. The van der Waals surface area contributed by atoms with Gasteiger partial charge in [0.15, 0.2) is 0 Å². The number of nitrogens with one attached hydrogen (secondary N) is 1. The van der Waals surface area contributed by atoms with Gasteiger partial charge in [0.25, 0.3) is 0 Å². The van der Waals surface area contributed by atoms with Crippen LogP contribution in [-0.2, 0) is 4.79 Å². The van der Waals surface area contributed by atoms with Gasteiger partial charge < -0.3 is 5.73 Å². The van der Waals surface area contributed by atoms with E-state index in [1.807, 2.05) is 0 Å². The topological polar surface area (TPSA) is 55.1 Å². The van der Waals surface area contributed by atoms with Gasteiger partial charge in [0, 0.05) is 0 Å². The molecule has 0 aromatic rings. The van der Waals surface area contributed by atoms with Crippen LogP contribution in [0.4, 0.5) is 0 Å². The second kappa shape index (κ2) is 6.85. The highest BCUT2D eigenvalue weighted by Gasteiger charge is 2.13. The molecule has 0 spiro atoms. The second-order valence-corrected chi connectivity index (χ2v) is 2.84. The molecule has 11 heavy (non-hydrogen) atoms. The SMILES string of the molecule is NCCCC[C@H](NCl)C(=O)Cl. The Morgan fingerprint density at radius 1 is 1.55 bits per heavy atom. The normalized spacial score (nSPS) is 13.0. The first-order valence-electron chi connectivity index (χ1n) is 3.48. The van der Waals surface area contributed by atoms with Crippen molar-refractivity contribution in [1.82, 2.24) is 4.84 Å². The van der Waals surface area contributed by atoms with E-state index in [4.69, 9.17) is 29.1 Å². The van der Waals surface area contributed by atoms with E-state index < -0.39 is 11.3 Å². The molecule has 0 amide bonds. The second-order valence-electron chi connectivity index (χ2n) is 2.25. The monoisotopic (exact) mass is 198 g/mol. The Morgan fingerprint density at radius 2 is 2.18 bits per heavy atom. The number of rotatable bonds is 6. The van der Waals surface area contributed by atoms with Crippen molar-refractivity contribution in [2.75, 3.05) is 6.54 Å². The van der Waals surface area contributed by atoms with Crippen molar-refractivity contribution in [1.29, 1.82) is 0 Å². The van der Waals surface area contributed by atoms with Crippen LogP contribution in [-0.4, -0.2) is 17.8 Å². The first-order chi connectivity index (χ1) is 5.22. The van der Waals surface area contributed by atoms with Crippen molar-refractivity contribution in [2.24, 2.45) is 5.73 Å². The Balaban J connectivity index is 3.44. The molecule has 0 rings (SSSR count). The molecule has 0 aliphatic carbocycles. The summed E-state index contributed by atoms with van der Waals surface area (Å²) in [4.78, 5) is 12.9. The predicted octanol–water partition coefficient (Wildman–Crippen LogP) is 0.993. The highest BCUT2D eigenvalue weighted by Crippen LogP contribution is 2.04. The molecule has 0 unspecified atom stereocenters. The van der Waals surface area contributed by atoms with Crippen LogP contribution >= 0.6 is 23.4 Å². The van der Waals surface area contributed by atoms with E-state index in [9.17, 15) is 4.79 Å². The lowest BCUT2D eigenvalue weighted by molar-refractivity contribution is -0.113. The van der Waals surface area contributed by atoms with Crippen LogP contribution in [0.3, 0.4) is 0 Å². The van der Waals surface area contributed by atoms with Crippen molar-refractivity contribution in [2.45, 2.75) is 25.3 Å². The fourth-order valence-electron chi connectivity index (χ4n) is 0.704. The maximum Gasteiger partial charge on any atom is 0.239 e. The zero-order chi connectivity index (χ0) is 8.69. The lowest BCUT2D eigenvalue weighted by Gasteiger charge is -2.07. The van der Waals surface area contributed by atoms with E-state index in [0.29, 0.717) is 13.0 Å². The third-order valence-corrected chi connectivity index (χ3v) is 1.88. The molecule has 5 heteroatoms. The van der Waals surface area contributed by atoms with Gasteiger partial charge >= 0.3 is 0 Å². The molecule has 0 radical (unpaired) electrons. The van der Waals surface area contributed by atoms with Gasteiger partial charge in [-0.2, -0.15) is 0 Å². The highest BCUT2D eigenvalue weighted by atomic mass is 35.5. The summed E-state index contributed by atoms with van der Waals surface area (Å²) >= 11 is 10.5. The number of halogens is 2. The van der Waals surface area contributed by atoms with Crippen LogP contribution in [0.5, 0.6) is 0 Å². The minimum absolute atomic E-state index is 0.440. The fourth-order valence-corrected chi connectivity index (χ4v) is 1.13. The number of hydrogen-bond acceptors (Lipinski definition) is 3. The fraction of sp³-hybridized carbons (Fsp3) is 0.833. The summed E-state index contributed by atoms with van der Waals surface area (Å²) in [5.41, 5.74) is 5.26. The van der Waals surface area contributed by atoms with Crippen LogP contribution in [0.15, 0.2) is 0 Å². The summed E-state index contributed by atoms with van der Waals surface area (Å²) in [6.45, 7) is 0.630. The molecule has 0 aromatic carbocycles. The molecule has 0 saturated carbocycles. The zero-order valence-corrected chi connectivity index (χ0v) is 7.66. The lowest BCUT2D eigenvalue weighted by atomic mass is 10.1. The Morgan fingerprint density at radius 3 is 2.55 bits per heavy atom. The van der Waals surface area contributed by atoms with Crippen LogP contribution in [0, 0.1) is 0 Å². The van der Waals surface area contributed by atoms with E-state index in [1.54, 1.807) is 0 Å². The van der Waals surface area contributed by atoms with Gasteiger partial charge in [0.05, 0.1) is 6.04 Å². The molecule has 3 nitrogen and oxygen atoms in total. The average molecular weight is 199 g/mol. The molecule has 0 heterocycles. The largest absolute Gasteiger partial charge is 0.330 e. The number of unbranched alkanes of at least 4 members (excludes halogenated alkanes) is 1. The quantitative estimate of drug-likeness (QED) is 0.381. The summed E-state index contributed by atoms with van der Waals surface area (Å²) in [5, 5.41) is -0.447. The van der Waals surface area contributed by atoms with Crippen LogP contribution < -0.4 is 10.6 Å². The van der Waals surface area contributed by atoms with Crippen molar-refractivity contribution in [3.8, 4) is 0 Å². The molecular weight excluding hydrogens is 187 g/mol. The minimum atomic E-state index is -0.447. The first-order valence-corrected chi connectivity index (χ1v) is 4.23. The number of carbonyl (C=O) groups excluding carboxylic acids is 1. The van der Waals surface area contributed by atoms with Crippen molar-refractivity contribution >= 4 is 28.6 Å². The van der Waals surface area contributed by atoms with Crippen LogP contribution in [0.1, 0.15) is 19.3 Å². The van der Waals surface area contributed by atoms with E-state index >= 15 is 0 Å². The number of nitrogens with two attached hydrogens (primary N) is 1. The van der Waals surface area contributed by atoms with Gasteiger partial charge in [-0.25, -0.2) is 4.84 Å². The van der Waals surface area contributed by atoms with Gasteiger partial charge in [-0.3, -0.25) is 4.79 Å². The maximum absolute atomic E-state index is 10.6. The van der Waals surface area contributed by atoms with Crippen molar-refractivity contribution in [3.63, 3.8) is 0 Å². The van der Waals surface area contributed by atoms with Gasteiger partial charge in [-0.15, -0.1) is 0 Å². The third-order valence-electron chi connectivity index (χ3n) is 1.35. The number of carbonyl (C=O) groups is 1. The van der Waals surface area contributed by atoms with Gasteiger partial charge in [-0.1, -0.05) is 6.42 Å². The number of hydrogen-bond donors (Lipinski definition) is 2. The molecule has 1 atom stereocenters. The summed E-state index contributed by atoms with van der Waals surface area (Å²) in [5.74, 6) is 0. The van der Waals surface area contributed by atoms with E-state index in [2.05, 4.69) is 4.84 Å². The van der Waals surface area contributed by atoms with E-state index in [0.717, 1.165) is 12.8 Å². The molecule has 0 bridgehead atoms. The molecule has 0 aromatic heterocycles. The summed E-state index contributed by atoms with van der Waals surface area (Å²) in [7, 11) is 0. The Labute approximate surface area is 76.3 Å². The Hall–Kier alpha value is 0.170. The summed E-state index contributed by atoms with van der Waals surface area (Å²) < 4.78 is 0. The molecule has 0 fully saturated rings. The van der Waals surface area contributed by atoms with Crippen LogP contribution in [0.25, 0.3) is 0 Å². The van der Waals surface area contributed by atoms with Gasteiger partial charge in [-0.05, 0) is 42.8 Å². The third kappa shape index (κ3) is 5.44.